The topological polar surface area (TPSA) is 105 Å². The number of carbonyl (C=O) groups is 2. The van der Waals surface area contributed by atoms with Gasteiger partial charge in [0.1, 0.15) is 5.75 Å². The molecule has 2 N–H and O–H groups in total. The van der Waals surface area contributed by atoms with Crippen LogP contribution >= 0.6 is 0 Å². The van der Waals surface area contributed by atoms with Crippen LogP contribution in [0.3, 0.4) is 0 Å². The van der Waals surface area contributed by atoms with E-state index in [4.69, 9.17) is 4.74 Å². The first kappa shape index (κ1) is 23.5. The fraction of sp³-hybridized carbons (Fsp3) is 0.636. The highest BCUT2D eigenvalue weighted by atomic mass is 32.2. The Morgan fingerprint density at radius 3 is 2.29 bits per heavy atom. The second-order valence-electron chi connectivity index (χ2n) is 8.21. The lowest BCUT2D eigenvalue weighted by atomic mass is 10.1. The van der Waals surface area contributed by atoms with E-state index in [1.54, 1.807) is 0 Å². The predicted octanol–water partition coefficient (Wildman–Crippen LogP) is 2.30. The lowest BCUT2D eigenvalue weighted by molar-refractivity contribution is -0.124. The summed E-state index contributed by atoms with van der Waals surface area (Å²) < 4.78 is 32.9. The molecule has 172 valence electrons. The quantitative estimate of drug-likeness (QED) is 0.590. The number of benzene rings is 1. The maximum absolute atomic E-state index is 13.1. The van der Waals surface area contributed by atoms with Gasteiger partial charge in [0.05, 0.1) is 17.6 Å². The van der Waals surface area contributed by atoms with Crippen molar-refractivity contribution in [1.29, 1.82) is 0 Å². The molecule has 0 aromatic heterocycles. The molecule has 0 spiro atoms. The Morgan fingerprint density at radius 1 is 1.00 bits per heavy atom. The Kier molecular flexibility index (Phi) is 8.31. The van der Waals surface area contributed by atoms with Gasteiger partial charge in [-0.1, -0.05) is 25.7 Å². The molecular formula is C22H33N3O5S. The molecule has 8 nitrogen and oxygen atoms in total. The predicted molar refractivity (Wildman–Crippen MR) is 118 cm³/mol. The first-order valence-corrected chi connectivity index (χ1v) is 12.6. The molecule has 1 saturated heterocycles. The Balaban J connectivity index is 1.63. The number of ether oxygens (including phenoxy) is 1. The lowest BCUT2D eigenvalue weighted by Gasteiger charge is -2.20. The maximum Gasteiger partial charge on any atom is 0.255 e. The number of nitrogens with zero attached hydrogens (tertiary/aromatic N) is 1. The third kappa shape index (κ3) is 5.98. The van der Waals surface area contributed by atoms with Crippen LogP contribution in [0.5, 0.6) is 5.75 Å². The van der Waals surface area contributed by atoms with Gasteiger partial charge in [-0.25, -0.2) is 8.42 Å². The normalized spacial score (nSPS) is 18.4. The van der Waals surface area contributed by atoms with E-state index in [9.17, 15) is 18.0 Å². The summed E-state index contributed by atoms with van der Waals surface area (Å²) in [4.78, 5) is 24.9. The molecule has 1 saturated carbocycles. The van der Waals surface area contributed by atoms with E-state index in [0.29, 0.717) is 25.4 Å². The number of hydrogen-bond acceptors (Lipinski definition) is 5. The van der Waals surface area contributed by atoms with Crippen LogP contribution in [0.4, 0.5) is 0 Å². The van der Waals surface area contributed by atoms with Crippen molar-refractivity contribution in [1.82, 2.24) is 14.9 Å². The van der Waals surface area contributed by atoms with Gasteiger partial charge < -0.3 is 15.4 Å². The Labute approximate surface area is 184 Å². The molecule has 1 heterocycles. The molecular weight excluding hydrogens is 418 g/mol. The molecule has 1 aromatic rings. The maximum atomic E-state index is 13.1. The first-order chi connectivity index (χ1) is 14.9. The summed E-state index contributed by atoms with van der Waals surface area (Å²) in [6, 6.07) is 4.38. The average Bonchev–Trinajstić information content (AvgIpc) is 3.17. The SMILES string of the molecule is COc1ccc(S(=O)(=O)N2CCCCCC2)cc1C(=O)NCCNC(=O)C1CCCC1. The lowest BCUT2D eigenvalue weighted by Crippen LogP contribution is -2.37. The molecule has 31 heavy (non-hydrogen) atoms. The minimum absolute atomic E-state index is 0.0369. The zero-order chi connectivity index (χ0) is 22.3. The largest absolute Gasteiger partial charge is 0.496 e. The van der Waals surface area contributed by atoms with E-state index in [1.807, 2.05) is 0 Å². The van der Waals surface area contributed by atoms with Crippen LogP contribution in [0.1, 0.15) is 61.7 Å². The number of carbonyl (C=O) groups excluding carboxylic acids is 2. The number of sulfonamides is 1. The third-order valence-corrected chi connectivity index (χ3v) is 7.95. The monoisotopic (exact) mass is 451 g/mol. The summed E-state index contributed by atoms with van der Waals surface area (Å²) in [6.07, 6.45) is 7.77. The van der Waals surface area contributed by atoms with Gasteiger partial charge in [0.25, 0.3) is 5.91 Å². The van der Waals surface area contributed by atoms with Crippen LogP contribution in [0.2, 0.25) is 0 Å². The van der Waals surface area contributed by atoms with Gasteiger partial charge in [-0.2, -0.15) is 4.31 Å². The Hall–Kier alpha value is -2.13. The molecule has 0 bridgehead atoms. The van der Waals surface area contributed by atoms with Crippen molar-refractivity contribution in [2.24, 2.45) is 5.92 Å². The van der Waals surface area contributed by atoms with Crippen LogP contribution in [0.25, 0.3) is 0 Å². The second kappa shape index (κ2) is 10.9. The number of amides is 2. The minimum Gasteiger partial charge on any atom is -0.496 e. The Bertz CT molecular complexity index is 873. The number of methoxy groups -OCH3 is 1. The van der Waals surface area contributed by atoms with E-state index < -0.39 is 15.9 Å². The molecule has 2 aliphatic rings. The molecule has 0 radical (unpaired) electrons. The van der Waals surface area contributed by atoms with Crippen molar-refractivity contribution in [3.63, 3.8) is 0 Å². The van der Waals surface area contributed by atoms with Crippen molar-refractivity contribution in [2.75, 3.05) is 33.3 Å². The first-order valence-electron chi connectivity index (χ1n) is 11.2. The molecule has 1 aliphatic carbocycles. The summed E-state index contributed by atoms with van der Waals surface area (Å²) in [5.74, 6) is -0.00581. The van der Waals surface area contributed by atoms with Crippen molar-refractivity contribution < 1.29 is 22.7 Å². The fourth-order valence-corrected chi connectivity index (χ4v) is 5.79. The molecule has 2 amide bonds. The zero-order valence-electron chi connectivity index (χ0n) is 18.2. The number of rotatable bonds is 8. The van der Waals surface area contributed by atoms with Gasteiger partial charge in [0, 0.05) is 32.1 Å². The van der Waals surface area contributed by atoms with Crippen molar-refractivity contribution in [3.8, 4) is 5.75 Å². The molecule has 3 rings (SSSR count). The van der Waals surface area contributed by atoms with E-state index in [0.717, 1.165) is 51.4 Å². The van der Waals surface area contributed by atoms with Crippen LogP contribution in [0.15, 0.2) is 23.1 Å². The standard InChI is InChI=1S/C22H33N3O5S/c1-30-20-11-10-18(31(28,29)25-14-6-2-3-7-15-25)16-19(20)22(27)24-13-12-23-21(26)17-8-4-5-9-17/h10-11,16-17H,2-9,12-15H2,1H3,(H,23,26)(H,24,27). The summed E-state index contributed by atoms with van der Waals surface area (Å²) in [6.45, 7) is 1.58. The highest BCUT2D eigenvalue weighted by Crippen LogP contribution is 2.26. The highest BCUT2D eigenvalue weighted by Gasteiger charge is 2.27. The summed E-state index contributed by atoms with van der Waals surface area (Å²) in [5.41, 5.74) is 0.167. The van der Waals surface area contributed by atoms with Gasteiger partial charge in [0.2, 0.25) is 15.9 Å². The van der Waals surface area contributed by atoms with Crippen LogP contribution in [-0.2, 0) is 14.8 Å². The summed E-state index contributed by atoms with van der Waals surface area (Å²) >= 11 is 0. The van der Waals surface area contributed by atoms with Gasteiger partial charge in [0.15, 0.2) is 0 Å². The van der Waals surface area contributed by atoms with Crippen LogP contribution in [0, 0.1) is 5.92 Å². The summed E-state index contributed by atoms with van der Waals surface area (Å²) in [5, 5.41) is 5.60. The average molecular weight is 452 g/mol. The highest BCUT2D eigenvalue weighted by molar-refractivity contribution is 7.89. The molecule has 0 atom stereocenters. The number of nitrogens with one attached hydrogen (secondary N) is 2. The molecule has 1 aliphatic heterocycles. The molecule has 0 unspecified atom stereocenters. The van der Waals surface area contributed by atoms with Gasteiger partial charge in [-0.15, -0.1) is 0 Å². The van der Waals surface area contributed by atoms with Gasteiger partial charge >= 0.3 is 0 Å². The zero-order valence-corrected chi connectivity index (χ0v) is 19.0. The van der Waals surface area contributed by atoms with E-state index in [2.05, 4.69) is 10.6 Å². The van der Waals surface area contributed by atoms with Gasteiger partial charge in [-0.05, 0) is 43.9 Å². The fourth-order valence-electron chi connectivity index (χ4n) is 4.25. The van der Waals surface area contributed by atoms with Gasteiger partial charge in [-0.3, -0.25) is 9.59 Å². The summed E-state index contributed by atoms with van der Waals surface area (Å²) in [7, 11) is -2.23. The third-order valence-electron chi connectivity index (χ3n) is 6.05. The molecule has 1 aromatic carbocycles. The molecule has 9 heteroatoms. The van der Waals surface area contributed by atoms with Crippen LogP contribution in [-0.4, -0.2) is 57.8 Å². The Morgan fingerprint density at radius 2 is 1.65 bits per heavy atom. The molecule has 2 fully saturated rings. The van der Waals surface area contributed by atoms with Crippen molar-refractivity contribution in [2.45, 2.75) is 56.3 Å². The number of hydrogen-bond donors (Lipinski definition) is 2. The second-order valence-corrected chi connectivity index (χ2v) is 10.1. The van der Waals surface area contributed by atoms with Crippen LogP contribution < -0.4 is 15.4 Å². The van der Waals surface area contributed by atoms with E-state index in [1.165, 1.54) is 29.6 Å². The smallest absolute Gasteiger partial charge is 0.255 e. The minimum atomic E-state index is -3.67. The van der Waals surface area contributed by atoms with E-state index >= 15 is 0 Å². The van der Waals surface area contributed by atoms with E-state index in [-0.39, 0.29) is 28.8 Å². The van der Waals surface area contributed by atoms with Crippen molar-refractivity contribution in [3.05, 3.63) is 23.8 Å². The van der Waals surface area contributed by atoms with Crippen molar-refractivity contribution >= 4 is 21.8 Å².